The normalized spacial score (nSPS) is 40.6. The first-order chi connectivity index (χ1) is 4.66. The fraction of sp³-hybridized carbons (Fsp3) is 0.833. The van der Waals surface area contributed by atoms with Crippen LogP contribution in [0.1, 0.15) is 13.3 Å². The number of ether oxygens (including phenoxy) is 1. The Balaban J connectivity index is 2.62. The lowest BCUT2D eigenvalue weighted by molar-refractivity contribution is -0.125. The number of hydrogen-bond acceptors (Lipinski definition) is 2. The molecule has 1 rings (SSSR count). The van der Waals surface area contributed by atoms with E-state index in [1.165, 1.54) is 0 Å². The van der Waals surface area contributed by atoms with Crippen LogP contribution in [0.2, 0.25) is 0 Å². The Kier molecular flexibility index (Phi) is 2.09. The van der Waals surface area contributed by atoms with Crippen LogP contribution in [-0.2, 0) is 9.53 Å². The average Bonchev–Trinajstić information content (AvgIpc) is 2.17. The predicted octanol–water partition coefficient (Wildman–Crippen LogP) is 0.197. The zero-order chi connectivity index (χ0) is 7.72. The Morgan fingerprint density at radius 2 is 2.40 bits per heavy atom. The SMILES string of the molecule is [B][C@@H]1O[C@H](CC)C(=O)[C@H]1F. The maximum Gasteiger partial charge on any atom is 0.197 e. The second kappa shape index (κ2) is 2.70. The molecule has 1 heterocycles. The van der Waals surface area contributed by atoms with Crippen molar-refractivity contribution < 1.29 is 13.9 Å². The van der Waals surface area contributed by atoms with Crippen molar-refractivity contribution >= 4 is 13.6 Å². The molecule has 54 valence electrons. The van der Waals surface area contributed by atoms with Crippen LogP contribution in [0.15, 0.2) is 0 Å². The van der Waals surface area contributed by atoms with Crippen molar-refractivity contribution in [2.45, 2.75) is 31.6 Å². The van der Waals surface area contributed by atoms with Crippen molar-refractivity contribution in [3.8, 4) is 0 Å². The van der Waals surface area contributed by atoms with Gasteiger partial charge in [-0.2, -0.15) is 0 Å². The van der Waals surface area contributed by atoms with Gasteiger partial charge in [0, 0.05) is 0 Å². The van der Waals surface area contributed by atoms with Gasteiger partial charge < -0.3 is 4.74 Å². The van der Waals surface area contributed by atoms with Gasteiger partial charge in [-0.3, -0.25) is 4.79 Å². The number of carbonyl (C=O) groups is 1. The maximum absolute atomic E-state index is 12.5. The molecule has 2 nitrogen and oxygen atoms in total. The van der Waals surface area contributed by atoms with E-state index in [-0.39, 0.29) is 0 Å². The van der Waals surface area contributed by atoms with E-state index in [9.17, 15) is 9.18 Å². The summed E-state index contributed by atoms with van der Waals surface area (Å²) in [5.74, 6) is -0.519. The van der Waals surface area contributed by atoms with E-state index in [2.05, 4.69) is 0 Å². The molecule has 0 amide bonds. The van der Waals surface area contributed by atoms with Crippen LogP contribution in [0, 0.1) is 0 Å². The molecule has 0 N–H and O–H groups in total. The minimum Gasteiger partial charge on any atom is -0.373 e. The number of Topliss-reactive ketones (excluding diaryl/α,β-unsaturated/α-hetero) is 1. The lowest BCUT2D eigenvalue weighted by Gasteiger charge is -2.04. The second-order valence-corrected chi connectivity index (χ2v) is 2.30. The highest BCUT2D eigenvalue weighted by atomic mass is 19.1. The topological polar surface area (TPSA) is 26.3 Å². The summed E-state index contributed by atoms with van der Waals surface area (Å²) in [6, 6.07) is -1.04. The van der Waals surface area contributed by atoms with Crippen LogP contribution in [0.3, 0.4) is 0 Å². The number of halogens is 1. The van der Waals surface area contributed by atoms with Gasteiger partial charge >= 0.3 is 0 Å². The van der Waals surface area contributed by atoms with E-state index < -0.39 is 24.1 Å². The Morgan fingerprint density at radius 1 is 1.80 bits per heavy atom. The number of carbonyl (C=O) groups excluding carboxylic acids is 1. The molecular weight excluding hydrogens is 134 g/mol. The van der Waals surface area contributed by atoms with E-state index in [1.54, 1.807) is 6.92 Å². The molecule has 4 heteroatoms. The van der Waals surface area contributed by atoms with E-state index in [4.69, 9.17) is 12.6 Å². The number of ketones is 1. The third-order valence-corrected chi connectivity index (χ3v) is 1.57. The van der Waals surface area contributed by atoms with Crippen LogP contribution in [-0.4, -0.2) is 31.9 Å². The summed E-state index contributed by atoms with van der Waals surface area (Å²) in [7, 11) is 5.12. The second-order valence-electron chi connectivity index (χ2n) is 2.30. The Hall–Kier alpha value is -0.375. The molecule has 0 aliphatic carbocycles. The minimum absolute atomic E-state index is 0.493. The molecule has 3 atom stereocenters. The quantitative estimate of drug-likeness (QED) is 0.488. The Labute approximate surface area is 60.2 Å². The average molecular weight is 142 g/mol. The van der Waals surface area contributed by atoms with Crippen molar-refractivity contribution in [1.82, 2.24) is 0 Å². The Bertz CT molecular complexity index is 151. The van der Waals surface area contributed by atoms with Gasteiger partial charge in [-0.1, -0.05) is 6.92 Å². The van der Waals surface area contributed by atoms with Crippen LogP contribution in [0.4, 0.5) is 4.39 Å². The lowest BCUT2D eigenvalue weighted by Crippen LogP contribution is -2.22. The zero-order valence-corrected chi connectivity index (χ0v) is 5.71. The summed E-state index contributed by atoms with van der Waals surface area (Å²) in [4.78, 5) is 10.8. The Morgan fingerprint density at radius 3 is 2.60 bits per heavy atom. The van der Waals surface area contributed by atoms with E-state index in [0.717, 1.165) is 0 Å². The van der Waals surface area contributed by atoms with Gasteiger partial charge in [-0.05, 0) is 6.42 Å². The lowest BCUT2D eigenvalue weighted by atomic mass is 9.95. The maximum atomic E-state index is 12.5. The molecule has 1 saturated heterocycles. The van der Waals surface area contributed by atoms with E-state index >= 15 is 0 Å². The van der Waals surface area contributed by atoms with Crippen LogP contribution in [0.25, 0.3) is 0 Å². The fourth-order valence-electron chi connectivity index (χ4n) is 0.963. The van der Waals surface area contributed by atoms with Gasteiger partial charge in [-0.15, -0.1) is 0 Å². The number of alkyl halides is 1. The van der Waals surface area contributed by atoms with Gasteiger partial charge in [0.1, 0.15) is 14.0 Å². The zero-order valence-electron chi connectivity index (χ0n) is 5.71. The number of rotatable bonds is 1. The van der Waals surface area contributed by atoms with Crippen molar-refractivity contribution in [3.05, 3.63) is 0 Å². The number of hydrogen-bond donors (Lipinski definition) is 0. The molecule has 1 fully saturated rings. The molecule has 2 radical (unpaired) electrons. The third kappa shape index (κ3) is 1.08. The molecule has 0 aromatic heterocycles. The molecule has 0 bridgehead atoms. The molecule has 10 heavy (non-hydrogen) atoms. The van der Waals surface area contributed by atoms with Crippen molar-refractivity contribution in [3.63, 3.8) is 0 Å². The molecule has 1 aliphatic rings. The third-order valence-electron chi connectivity index (χ3n) is 1.57. The van der Waals surface area contributed by atoms with Crippen molar-refractivity contribution in [2.75, 3.05) is 0 Å². The summed E-state index contributed by atoms with van der Waals surface area (Å²) >= 11 is 0. The molecule has 0 aromatic rings. The van der Waals surface area contributed by atoms with Gasteiger partial charge in [-0.25, -0.2) is 4.39 Å². The highest BCUT2D eigenvalue weighted by Gasteiger charge is 2.39. The van der Waals surface area contributed by atoms with Crippen molar-refractivity contribution in [1.29, 1.82) is 0 Å². The monoisotopic (exact) mass is 142 g/mol. The smallest absolute Gasteiger partial charge is 0.197 e. The molecule has 0 spiro atoms. The highest BCUT2D eigenvalue weighted by Crippen LogP contribution is 2.19. The summed E-state index contributed by atoms with van der Waals surface area (Å²) < 4.78 is 17.3. The summed E-state index contributed by atoms with van der Waals surface area (Å²) in [6.45, 7) is 1.76. The van der Waals surface area contributed by atoms with Crippen LogP contribution >= 0.6 is 0 Å². The van der Waals surface area contributed by atoms with Crippen LogP contribution < -0.4 is 0 Å². The first kappa shape index (κ1) is 7.73. The molecule has 0 unspecified atom stereocenters. The molecule has 1 aliphatic heterocycles. The minimum atomic E-state index is -1.62. The highest BCUT2D eigenvalue weighted by molar-refractivity contribution is 6.15. The van der Waals surface area contributed by atoms with E-state index in [1.807, 2.05) is 0 Å². The van der Waals surface area contributed by atoms with Gasteiger partial charge in [0.25, 0.3) is 0 Å². The van der Waals surface area contributed by atoms with Gasteiger partial charge in [0.05, 0.1) is 6.00 Å². The summed E-state index contributed by atoms with van der Waals surface area (Å²) in [6.07, 6.45) is -1.75. The first-order valence-electron chi connectivity index (χ1n) is 3.25. The first-order valence-corrected chi connectivity index (χ1v) is 3.25. The molecule has 0 aromatic carbocycles. The standard InChI is InChI=1S/C6H8BFO2/c1-2-3-5(9)4(8)6(7)10-3/h3-4,6H,2H2,1H3/t3-,4-,6-/m1/s1. The molecular formula is C6H8BFO2. The van der Waals surface area contributed by atoms with Gasteiger partial charge in [0.2, 0.25) is 0 Å². The fourth-order valence-corrected chi connectivity index (χ4v) is 0.963. The summed E-state index contributed by atoms with van der Waals surface area (Å²) in [5.41, 5.74) is 0. The largest absolute Gasteiger partial charge is 0.373 e. The molecule has 0 saturated carbocycles. The van der Waals surface area contributed by atoms with Crippen LogP contribution in [0.5, 0.6) is 0 Å². The van der Waals surface area contributed by atoms with E-state index in [0.29, 0.717) is 6.42 Å². The predicted molar refractivity (Wildman–Crippen MR) is 34.6 cm³/mol. The van der Waals surface area contributed by atoms with Crippen molar-refractivity contribution in [2.24, 2.45) is 0 Å². The summed E-state index contributed by atoms with van der Waals surface area (Å²) in [5, 5.41) is 0. The van der Waals surface area contributed by atoms with Gasteiger partial charge in [0.15, 0.2) is 12.0 Å².